The lowest BCUT2D eigenvalue weighted by atomic mass is 10.0. The molecule has 1 unspecified atom stereocenters. The molecule has 0 aliphatic carbocycles. The van der Waals surface area contributed by atoms with Crippen LogP contribution < -0.4 is 0 Å². The van der Waals surface area contributed by atoms with E-state index < -0.39 is 11.9 Å². The van der Waals surface area contributed by atoms with E-state index in [1.165, 1.54) is 6.92 Å². The van der Waals surface area contributed by atoms with Crippen molar-refractivity contribution < 1.29 is 19.4 Å². The van der Waals surface area contributed by atoms with Crippen LogP contribution in [0.25, 0.3) is 0 Å². The van der Waals surface area contributed by atoms with Crippen molar-refractivity contribution in [2.24, 2.45) is 5.92 Å². The first-order chi connectivity index (χ1) is 5.61. The van der Waals surface area contributed by atoms with Gasteiger partial charge in [0.25, 0.3) is 0 Å². The maximum absolute atomic E-state index is 10.8. The van der Waals surface area contributed by atoms with Crippen molar-refractivity contribution in [1.82, 2.24) is 0 Å². The Morgan fingerprint density at radius 2 is 2.08 bits per heavy atom. The number of carbonyl (C=O) groups excluding carboxylic acids is 2. The first-order valence-electron chi connectivity index (χ1n) is 3.88. The Kier molecular flexibility index (Phi) is 5.28. The Balaban J connectivity index is 3.85. The lowest BCUT2D eigenvalue weighted by Gasteiger charge is -2.08. The highest BCUT2D eigenvalue weighted by Crippen LogP contribution is 2.04. The number of carbonyl (C=O) groups is 2. The summed E-state index contributed by atoms with van der Waals surface area (Å²) in [5.74, 6) is -1.23. The summed E-state index contributed by atoms with van der Waals surface area (Å²) in [6.07, 6.45) is -0.0281. The van der Waals surface area contributed by atoms with Crippen LogP contribution in [0.15, 0.2) is 0 Å². The average molecular weight is 174 g/mol. The molecule has 0 fully saturated rings. The molecule has 0 heterocycles. The Morgan fingerprint density at radius 3 is 2.42 bits per heavy atom. The summed E-state index contributed by atoms with van der Waals surface area (Å²) in [6.45, 7) is 3.04. The molecule has 12 heavy (non-hydrogen) atoms. The van der Waals surface area contributed by atoms with Crippen molar-refractivity contribution in [3.8, 4) is 0 Å². The number of hydrogen-bond acceptors (Lipinski definition) is 4. The normalized spacial score (nSPS) is 12.2. The highest BCUT2D eigenvalue weighted by Gasteiger charge is 2.17. The van der Waals surface area contributed by atoms with E-state index in [9.17, 15) is 9.59 Å². The third kappa shape index (κ3) is 4.08. The first kappa shape index (κ1) is 11.1. The maximum Gasteiger partial charge on any atom is 0.306 e. The quantitative estimate of drug-likeness (QED) is 0.602. The molecule has 0 amide bonds. The Labute approximate surface area is 71.5 Å². The van der Waals surface area contributed by atoms with Crippen LogP contribution in [0.3, 0.4) is 0 Å². The fraction of sp³-hybridized carbons (Fsp3) is 0.750. The second kappa shape index (κ2) is 5.71. The van der Waals surface area contributed by atoms with Gasteiger partial charge in [-0.05, 0) is 13.8 Å². The zero-order valence-corrected chi connectivity index (χ0v) is 7.37. The van der Waals surface area contributed by atoms with Crippen molar-refractivity contribution in [2.75, 3.05) is 13.2 Å². The molecule has 0 bridgehead atoms. The number of ether oxygens (including phenoxy) is 1. The molecule has 70 valence electrons. The van der Waals surface area contributed by atoms with E-state index in [1.807, 2.05) is 0 Å². The van der Waals surface area contributed by atoms with Crippen LogP contribution in [-0.4, -0.2) is 30.1 Å². The van der Waals surface area contributed by atoms with Gasteiger partial charge in [0.1, 0.15) is 5.78 Å². The van der Waals surface area contributed by atoms with Crippen molar-refractivity contribution >= 4 is 11.8 Å². The van der Waals surface area contributed by atoms with E-state index in [0.717, 1.165) is 0 Å². The SMILES string of the molecule is CCOC(=O)CC(CO)C(C)=O. The van der Waals surface area contributed by atoms with Gasteiger partial charge in [-0.1, -0.05) is 0 Å². The molecule has 0 saturated carbocycles. The van der Waals surface area contributed by atoms with Crippen LogP contribution in [0.4, 0.5) is 0 Å². The summed E-state index contributed by atoms with van der Waals surface area (Å²) < 4.78 is 4.62. The average Bonchev–Trinajstić information content (AvgIpc) is 2.00. The van der Waals surface area contributed by atoms with Gasteiger partial charge < -0.3 is 9.84 Å². The van der Waals surface area contributed by atoms with Crippen LogP contribution in [0.2, 0.25) is 0 Å². The summed E-state index contributed by atoms with van der Waals surface area (Å²) >= 11 is 0. The third-order valence-corrected chi connectivity index (χ3v) is 1.51. The molecule has 1 atom stereocenters. The first-order valence-corrected chi connectivity index (χ1v) is 3.88. The summed E-state index contributed by atoms with van der Waals surface area (Å²) in [7, 11) is 0. The zero-order chi connectivity index (χ0) is 9.56. The molecule has 0 radical (unpaired) electrons. The molecule has 1 N–H and O–H groups in total. The predicted octanol–water partition coefficient (Wildman–Crippen LogP) is 0.137. The van der Waals surface area contributed by atoms with Crippen LogP contribution in [-0.2, 0) is 14.3 Å². The van der Waals surface area contributed by atoms with Crippen LogP contribution in [0.1, 0.15) is 20.3 Å². The van der Waals surface area contributed by atoms with Gasteiger partial charge >= 0.3 is 5.97 Å². The molecule has 0 spiro atoms. The van der Waals surface area contributed by atoms with Gasteiger partial charge in [-0.2, -0.15) is 0 Å². The molecule has 4 heteroatoms. The molecule has 0 aliphatic rings. The minimum absolute atomic E-state index is 0.0281. The topological polar surface area (TPSA) is 63.6 Å². The van der Waals surface area contributed by atoms with Crippen molar-refractivity contribution in [2.45, 2.75) is 20.3 Å². The van der Waals surface area contributed by atoms with Crippen molar-refractivity contribution in [1.29, 1.82) is 0 Å². The van der Waals surface area contributed by atoms with Gasteiger partial charge in [0.2, 0.25) is 0 Å². The van der Waals surface area contributed by atoms with Gasteiger partial charge in [0.05, 0.1) is 25.6 Å². The second-order valence-corrected chi connectivity index (χ2v) is 2.50. The number of ketones is 1. The second-order valence-electron chi connectivity index (χ2n) is 2.50. The Morgan fingerprint density at radius 1 is 1.50 bits per heavy atom. The number of hydrogen-bond donors (Lipinski definition) is 1. The largest absolute Gasteiger partial charge is 0.466 e. The van der Waals surface area contributed by atoms with E-state index in [1.54, 1.807) is 6.92 Å². The Bertz CT molecular complexity index is 164. The minimum Gasteiger partial charge on any atom is -0.466 e. The van der Waals surface area contributed by atoms with Gasteiger partial charge in [0, 0.05) is 0 Å². The summed E-state index contributed by atoms with van der Waals surface area (Å²) in [6, 6.07) is 0. The number of esters is 1. The lowest BCUT2D eigenvalue weighted by molar-refractivity contribution is -0.146. The van der Waals surface area contributed by atoms with E-state index >= 15 is 0 Å². The van der Waals surface area contributed by atoms with Gasteiger partial charge in [-0.15, -0.1) is 0 Å². The van der Waals surface area contributed by atoms with E-state index in [2.05, 4.69) is 4.74 Å². The lowest BCUT2D eigenvalue weighted by Crippen LogP contribution is -2.20. The number of rotatable bonds is 5. The van der Waals surface area contributed by atoms with Crippen LogP contribution >= 0.6 is 0 Å². The van der Waals surface area contributed by atoms with Gasteiger partial charge in [-0.3, -0.25) is 9.59 Å². The van der Waals surface area contributed by atoms with Crippen LogP contribution in [0, 0.1) is 5.92 Å². The summed E-state index contributed by atoms with van der Waals surface area (Å²) in [5.41, 5.74) is 0. The number of aliphatic hydroxyl groups excluding tert-OH is 1. The molecule has 0 rings (SSSR count). The van der Waals surface area contributed by atoms with E-state index in [4.69, 9.17) is 5.11 Å². The highest BCUT2D eigenvalue weighted by molar-refractivity contribution is 5.83. The standard InChI is InChI=1S/C8H14O4/c1-3-12-8(11)4-7(5-9)6(2)10/h7,9H,3-5H2,1-2H3. The van der Waals surface area contributed by atoms with E-state index in [-0.39, 0.29) is 18.8 Å². The molecule has 0 saturated heterocycles. The molecule has 0 aromatic rings. The van der Waals surface area contributed by atoms with Gasteiger partial charge in [0.15, 0.2) is 0 Å². The van der Waals surface area contributed by atoms with Crippen LogP contribution in [0.5, 0.6) is 0 Å². The Hall–Kier alpha value is -0.900. The molecule has 0 aliphatic heterocycles. The molecule has 0 aromatic heterocycles. The smallest absolute Gasteiger partial charge is 0.306 e. The maximum atomic E-state index is 10.8. The fourth-order valence-corrected chi connectivity index (χ4v) is 0.758. The summed E-state index contributed by atoms with van der Waals surface area (Å²) in [4.78, 5) is 21.6. The van der Waals surface area contributed by atoms with Crippen molar-refractivity contribution in [3.63, 3.8) is 0 Å². The monoisotopic (exact) mass is 174 g/mol. The predicted molar refractivity (Wildman–Crippen MR) is 42.5 cm³/mol. The number of aliphatic hydroxyl groups is 1. The minimum atomic E-state index is -0.607. The zero-order valence-electron chi connectivity index (χ0n) is 7.37. The fourth-order valence-electron chi connectivity index (χ4n) is 0.758. The number of Topliss-reactive ketones (excluding diaryl/α,β-unsaturated/α-hetero) is 1. The third-order valence-electron chi connectivity index (χ3n) is 1.51. The summed E-state index contributed by atoms with van der Waals surface area (Å²) in [5, 5.41) is 8.68. The van der Waals surface area contributed by atoms with Crippen molar-refractivity contribution in [3.05, 3.63) is 0 Å². The molecule has 4 nitrogen and oxygen atoms in total. The highest BCUT2D eigenvalue weighted by atomic mass is 16.5. The molecular weight excluding hydrogens is 160 g/mol. The molecule has 0 aromatic carbocycles. The molecular formula is C8H14O4. The van der Waals surface area contributed by atoms with E-state index in [0.29, 0.717) is 6.61 Å². The van der Waals surface area contributed by atoms with Gasteiger partial charge in [-0.25, -0.2) is 0 Å².